The number of hydrogen-bond acceptors (Lipinski definition) is 6. The Balaban J connectivity index is 1.55. The molecule has 11 heteroatoms. The lowest BCUT2D eigenvalue weighted by atomic mass is 10.0. The minimum absolute atomic E-state index is 0.00375. The number of benzene rings is 2. The van der Waals surface area contributed by atoms with E-state index in [2.05, 4.69) is 14.7 Å². The zero-order valence-electron chi connectivity index (χ0n) is 20.8. The first kappa shape index (κ1) is 24.6. The molecule has 7 rings (SSSR count). The van der Waals surface area contributed by atoms with Gasteiger partial charge >= 0.3 is 0 Å². The smallest absolute Gasteiger partial charge is 0.282 e. The monoisotopic (exact) mass is 572 g/mol. The molecule has 0 radical (unpaired) electrons. The van der Waals surface area contributed by atoms with Gasteiger partial charge in [-0.05, 0) is 55.3 Å². The number of pyridine rings is 2. The summed E-state index contributed by atoms with van der Waals surface area (Å²) in [6, 6.07) is 18.1. The highest BCUT2D eigenvalue weighted by atomic mass is 35.5. The number of sulfonamides is 1. The molecule has 1 amide bonds. The lowest BCUT2D eigenvalue weighted by molar-refractivity contribution is 0.0974. The molecular weight excluding hydrogens is 552 g/mol. The lowest BCUT2D eigenvalue weighted by Gasteiger charge is -2.14. The Kier molecular flexibility index (Phi) is 5.58. The van der Waals surface area contributed by atoms with Crippen LogP contribution in [0.1, 0.15) is 28.9 Å². The van der Waals surface area contributed by atoms with E-state index in [4.69, 9.17) is 16.0 Å². The number of para-hydroxylation sites is 1. The van der Waals surface area contributed by atoms with E-state index in [9.17, 15) is 18.0 Å². The molecule has 200 valence electrons. The summed E-state index contributed by atoms with van der Waals surface area (Å²) in [7, 11) is -3.90. The summed E-state index contributed by atoms with van der Waals surface area (Å²) in [5.74, 6) is -0.842. The first-order valence-electron chi connectivity index (χ1n) is 12.6. The Morgan fingerprint density at radius 2 is 1.93 bits per heavy atom. The number of halogens is 1. The van der Waals surface area contributed by atoms with Gasteiger partial charge in [0.1, 0.15) is 16.4 Å². The molecule has 1 aliphatic rings. The molecule has 1 aliphatic carbocycles. The van der Waals surface area contributed by atoms with E-state index in [0.717, 1.165) is 16.3 Å². The van der Waals surface area contributed by atoms with Crippen molar-refractivity contribution < 1.29 is 17.6 Å². The molecule has 0 unspecified atom stereocenters. The summed E-state index contributed by atoms with van der Waals surface area (Å²) in [5.41, 5.74) is 2.41. The largest absolute Gasteiger partial charge is 0.464 e. The third-order valence-electron chi connectivity index (χ3n) is 7.23. The second-order valence-electron chi connectivity index (χ2n) is 9.83. The van der Waals surface area contributed by atoms with Crippen LogP contribution in [-0.2, 0) is 16.6 Å². The fraction of sp³-hybridized carbons (Fsp3) is 0.138. The third-order valence-corrected chi connectivity index (χ3v) is 9.37. The Bertz CT molecular complexity index is 2160. The van der Waals surface area contributed by atoms with E-state index in [1.54, 1.807) is 22.8 Å². The third kappa shape index (κ3) is 3.99. The predicted molar refractivity (Wildman–Crippen MR) is 153 cm³/mol. The quantitative estimate of drug-likeness (QED) is 0.264. The van der Waals surface area contributed by atoms with Crippen molar-refractivity contribution in [3.63, 3.8) is 0 Å². The molecule has 0 spiro atoms. The van der Waals surface area contributed by atoms with Gasteiger partial charge in [-0.25, -0.2) is 18.1 Å². The molecule has 2 aromatic carbocycles. The van der Waals surface area contributed by atoms with Gasteiger partial charge in [0.2, 0.25) is 10.0 Å². The molecule has 4 aromatic heterocycles. The van der Waals surface area contributed by atoms with Crippen LogP contribution in [-0.4, -0.2) is 34.1 Å². The van der Waals surface area contributed by atoms with Gasteiger partial charge in [-0.3, -0.25) is 9.59 Å². The van der Waals surface area contributed by atoms with Gasteiger partial charge in [-0.2, -0.15) is 0 Å². The standard InChI is InChI=1S/C29H21ClN4O5S/c30-27-18(14-17-4-1-2-6-21(17)32-27)15-34-22-10-7-16-11-13-39-26(16)24(22)23(20-5-3-12-31-28(20)35)25(34)29(36)33-40(37,38)19-8-9-19/h1-7,10-14,19H,8-9,15H2,(H,31,35)(H,33,36). The highest BCUT2D eigenvalue weighted by Crippen LogP contribution is 2.40. The van der Waals surface area contributed by atoms with E-state index >= 15 is 0 Å². The average molecular weight is 573 g/mol. The Hall–Kier alpha value is -4.41. The first-order valence-corrected chi connectivity index (χ1v) is 14.5. The highest BCUT2D eigenvalue weighted by molar-refractivity contribution is 7.91. The van der Waals surface area contributed by atoms with Crippen LogP contribution in [0.25, 0.3) is 43.9 Å². The Morgan fingerprint density at radius 1 is 1.10 bits per heavy atom. The summed E-state index contributed by atoms with van der Waals surface area (Å²) in [4.78, 5) is 34.2. The maximum Gasteiger partial charge on any atom is 0.282 e. The van der Waals surface area contributed by atoms with Gasteiger partial charge in [-0.15, -0.1) is 0 Å². The molecule has 1 saturated carbocycles. The van der Waals surface area contributed by atoms with E-state index in [0.29, 0.717) is 34.9 Å². The number of fused-ring (bicyclic) bond motifs is 4. The molecule has 0 bridgehead atoms. The Labute approximate surface area is 232 Å². The van der Waals surface area contributed by atoms with E-state index in [1.807, 2.05) is 42.5 Å². The highest BCUT2D eigenvalue weighted by Gasteiger charge is 2.38. The predicted octanol–water partition coefficient (Wildman–Crippen LogP) is 5.21. The zero-order chi connectivity index (χ0) is 27.6. The molecule has 1 fully saturated rings. The molecule has 4 heterocycles. The summed E-state index contributed by atoms with van der Waals surface area (Å²) in [5, 5.41) is 1.76. The van der Waals surface area contributed by atoms with Crippen molar-refractivity contribution in [2.75, 3.05) is 0 Å². The van der Waals surface area contributed by atoms with E-state index in [1.165, 1.54) is 12.5 Å². The molecule has 9 nitrogen and oxygen atoms in total. The van der Waals surface area contributed by atoms with Crippen molar-refractivity contribution >= 4 is 60.3 Å². The zero-order valence-corrected chi connectivity index (χ0v) is 22.4. The normalized spacial score (nSPS) is 13.8. The number of nitrogens with zero attached hydrogens (tertiary/aromatic N) is 2. The summed E-state index contributed by atoms with van der Waals surface area (Å²) < 4.78 is 35.6. The fourth-order valence-electron chi connectivity index (χ4n) is 5.20. The maximum absolute atomic E-state index is 13.9. The number of carbonyl (C=O) groups is 1. The van der Waals surface area contributed by atoms with Crippen LogP contribution in [0.4, 0.5) is 0 Å². The molecule has 6 aromatic rings. The number of furan rings is 1. The van der Waals surface area contributed by atoms with Crippen LogP contribution < -0.4 is 10.3 Å². The van der Waals surface area contributed by atoms with Crippen molar-refractivity contribution in [2.24, 2.45) is 0 Å². The summed E-state index contributed by atoms with van der Waals surface area (Å²) in [6.45, 7) is 0.0797. The number of rotatable bonds is 6. The number of aromatic nitrogens is 3. The fourth-order valence-corrected chi connectivity index (χ4v) is 6.68. The second kappa shape index (κ2) is 9.07. The molecular formula is C29H21ClN4O5S. The van der Waals surface area contributed by atoms with Gasteiger partial charge in [0.05, 0.1) is 40.0 Å². The molecule has 40 heavy (non-hydrogen) atoms. The molecule has 0 atom stereocenters. The number of aromatic amines is 1. The van der Waals surface area contributed by atoms with Crippen LogP contribution in [0.3, 0.4) is 0 Å². The van der Waals surface area contributed by atoms with Gasteiger partial charge in [-0.1, -0.05) is 29.8 Å². The number of hydrogen-bond donors (Lipinski definition) is 2. The maximum atomic E-state index is 13.9. The SMILES string of the molecule is O=C(NS(=O)(=O)C1CC1)c1c(-c2ccc[nH]c2=O)c2c3occc3ccc2n1Cc1cc2ccccc2nc1Cl. The van der Waals surface area contributed by atoms with Crippen molar-refractivity contribution in [1.82, 2.24) is 19.3 Å². The second-order valence-corrected chi connectivity index (χ2v) is 12.1. The van der Waals surface area contributed by atoms with Crippen LogP contribution in [0.15, 0.2) is 82.3 Å². The molecule has 2 N–H and O–H groups in total. The van der Waals surface area contributed by atoms with Crippen molar-refractivity contribution in [3.8, 4) is 11.1 Å². The average Bonchev–Trinajstić information content (AvgIpc) is 3.61. The minimum atomic E-state index is -3.90. The summed E-state index contributed by atoms with van der Waals surface area (Å²) in [6.07, 6.45) is 4.00. The van der Waals surface area contributed by atoms with E-state index < -0.39 is 26.7 Å². The topological polar surface area (TPSA) is 127 Å². The van der Waals surface area contributed by atoms with Crippen molar-refractivity contribution in [3.05, 3.63) is 99.9 Å². The molecule has 0 saturated heterocycles. The lowest BCUT2D eigenvalue weighted by Crippen LogP contribution is -2.35. The van der Waals surface area contributed by atoms with Crippen molar-refractivity contribution in [1.29, 1.82) is 0 Å². The van der Waals surface area contributed by atoms with Gasteiger partial charge < -0.3 is 14.0 Å². The number of amides is 1. The van der Waals surface area contributed by atoms with Crippen LogP contribution in [0, 0.1) is 0 Å². The van der Waals surface area contributed by atoms with Crippen LogP contribution >= 0.6 is 11.6 Å². The van der Waals surface area contributed by atoms with Crippen molar-refractivity contribution in [2.45, 2.75) is 24.6 Å². The summed E-state index contributed by atoms with van der Waals surface area (Å²) >= 11 is 6.62. The molecule has 0 aliphatic heterocycles. The van der Waals surface area contributed by atoms with Crippen LogP contribution in [0.5, 0.6) is 0 Å². The van der Waals surface area contributed by atoms with Gasteiger partial charge in [0, 0.05) is 28.1 Å². The number of H-pyrrole nitrogens is 1. The number of nitrogens with one attached hydrogen (secondary N) is 2. The Morgan fingerprint density at radius 3 is 2.73 bits per heavy atom. The minimum Gasteiger partial charge on any atom is -0.464 e. The number of carbonyl (C=O) groups excluding carboxylic acids is 1. The first-order chi connectivity index (χ1) is 19.3. The van der Waals surface area contributed by atoms with Gasteiger partial charge in [0.15, 0.2) is 0 Å². The van der Waals surface area contributed by atoms with E-state index in [-0.39, 0.29) is 28.5 Å². The van der Waals surface area contributed by atoms with Crippen LogP contribution in [0.2, 0.25) is 5.15 Å². The van der Waals surface area contributed by atoms with Gasteiger partial charge in [0.25, 0.3) is 11.5 Å².